The maximum Gasteiger partial charge on any atom is 0.267 e. The summed E-state index contributed by atoms with van der Waals surface area (Å²) >= 11 is 0. The summed E-state index contributed by atoms with van der Waals surface area (Å²) in [6, 6.07) is 15.3. The van der Waals surface area contributed by atoms with Gasteiger partial charge in [-0.3, -0.25) is 18.8 Å². The first-order chi connectivity index (χ1) is 15.6. The fourth-order valence-corrected chi connectivity index (χ4v) is 5.19. The van der Waals surface area contributed by atoms with Gasteiger partial charge in [0.05, 0.1) is 35.3 Å². The topological polar surface area (TPSA) is 135 Å². The lowest BCUT2D eigenvalue weighted by molar-refractivity contribution is -0.122. The molecular formula is C21H20N4O6S2. The van der Waals surface area contributed by atoms with Crippen LogP contribution in [-0.2, 0) is 24.8 Å². The molecule has 172 valence electrons. The molecule has 0 bridgehead atoms. The number of pyridine rings is 1. The summed E-state index contributed by atoms with van der Waals surface area (Å²) in [4.78, 5) is 16.6. The van der Waals surface area contributed by atoms with Crippen LogP contribution in [0.2, 0.25) is 0 Å². The average Bonchev–Trinajstić information content (AvgIpc) is 2.78. The Kier molecular flexibility index (Phi) is 5.95. The molecular weight excluding hydrogens is 468 g/mol. The van der Waals surface area contributed by atoms with E-state index < -0.39 is 32.1 Å². The quantitative estimate of drug-likeness (QED) is 0.542. The van der Waals surface area contributed by atoms with Gasteiger partial charge in [-0.25, -0.2) is 16.8 Å². The summed E-state index contributed by atoms with van der Waals surface area (Å²) in [6.45, 7) is -0.191. The second-order valence-corrected chi connectivity index (χ2v) is 10.8. The van der Waals surface area contributed by atoms with Crippen molar-refractivity contribution in [2.45, 2.75) is 11.0 Å². The molecule has 10 nitrogen and oxygen atoms in total. The number of nitrogens with one attached hydrogen (secondary N) is 2. The first kappa shape index (κ1) is 22.6. The lowest BCUT2D eigenvalue weighted by Crippen LogP contribution is -2.48. The molecule has 0 fully saturated rings. The number of rotatable bonds is 6. The molecule has 2 aromatic carbocycles. The van der Waals surface area contributed by atoms with Gasteiger partial charge >= 0.3 is 0 Å². The van der Waals surface area contributed by atoms with Crippen molar-refractivity contribution in [2.75, 3.05) is 27.1 Å². The zero-order valence-electron chi connectivity index (χ0n) is 17.4. The molecule has 0 saturated carbocycles. The van der Waals surface area contributed by atoms with E-state index in [0.717, 1.165) is 10.6 Å². The van der Waals surface area contributed by atoms with E-state index in [1.807, 2.05) is 0 Å². The van der Waals surface area contributed by atoms with Gasteiger partial charge in [-0.2, -0.15) is 0 Å². The second-order valence-electron chi connectivity index (χ2n) is 7.23. The highest BCUT2D eigenvalue weighted by Gasteiger charge is 2.34. The number of carbonyl (C=O) groups is 1. The van der Waals surface area contributed by atoms with E-state index in [9.17, 15) is 21.6 Å². The van der Waals surface area contributed by atoms with Gasteiger partial charge in [0.15, 0.2) is 6.10 Å². The first-order valence-electron chi connectivity index (χ1n) is 9.71. The van der Waals surface area contributed by atoms with Crippen LogP contribution in [0.25, 0.3) is 0 Å². The van der Waals surface area contributed by atoms with Crippen LogP contribution < -0.4 is 19.1 Å². The number of aromatic nitrogens is 1. The number of fused-ring (bicyclic) bond motifs is 1. The van der Waals surface area contributed by atoms with E-state index in [0.29, 0.717) is 17.1 Å². The molecule has 3 aromatic rings. The number of ether oxygens (including phenoxy) is 1. The van der Waals surface area contributed by atoms with Crippen molar-refractivity contribution < 1.29 is 26.4 Å². The summed E-state index contributed by atoms with van der Waals surface area (Å²) in [5.41, 5.74) is 1.01. The molecule has 1 aliphatic rings. The van der Waals surface area contributed by atoms with Crippen LogP contribution in [0.3, 0.4) is 0 Å². The summed E-state index contributed by atoms with van der Waals surface area (Å²) in [6.07, 6.45) is 2.88. The molecule has 33 heavy (non-hydrogen) atoms. The maximum absolute atomic E-state index is 12.8. The number of nitrogens with zero attached hydrogens (tertiary/aromatic N) is 2. The molecule has 0 spiro atoms. The Bertz CT molecular complexity index is 1380. The van der Waals surface area contributed by atoms with Crippen LogP contribution in [0, 0.1) is 0 Å². The number of hydrogen-bond acceptors (Lipinski definition) is 7. The van der Waals surface area contributed by atoms with Crippen molar-refractivity contribution in [2.24, 2.45) is 0 Å². The Balaban J connectivity index is 1.48. The molecule has 4 rings (SSSR count). The predicted molar refractivity (Wildman–Crippen MR) is 123 cm³/mol. The van der Waals surface area contributed by atoms with Crippen molar-refractivity contribution in [1.29, 1.82) is 0 Å². The molecule has 1 amide bonds. The van der Waals surface area contributed by atoms with Crippen LogP contribution in [0.4, 0.5) is 17.1 Å². The third kappa shape index (κ3) is 5.07. The summed E-state index contributed by atoms with van der Waals surface area (Å²) in [5, 5.41) is 2.63. The average molecular weight is 489 g/mol. The maximum atomic E-state index is 12.8. The molecule has 0 unspecified atom stereocenters. The highest BCUT2D eigenvalue weighted by atomic mass is 32.2. The molecule has 2 heterocycles. The Morgan fingerprint density at radius 1 is 1.00 bits per heavy atom. The van der Waals surface area contributed by atoms with Gasteiger partial charge < -0.3 is 10.1 Å². The highest BCUT2D eigenvalue weighted by molar-refractivity contribution is 7.92. The number of amides is 1. The predicted octanol–water partition coefficient (Wildman–Crippen LogP) is 2.05. The van der Waals surface area contributed by atoms with Crippen molar-refractivity contribution in [3.05, 3.63) is 73.1 Å². The summed E-state index contributed by atoms with van der Waals surface area (Å²) in [5.74, 6) is -0.292. The monoisotopic (exact) mass is 488 g/mol. The number of sulfonamides is 2. The van der Waals surface area contributed by atoms with Crippen LogP contribution in [0.15, 0.2) is 78.0 Å². The van der Waals surface area contributed by atoms with Crippen molar-refractivity contribution in [3.8, 4) is 5.75 Å². The summed E-state index contributed by atoms with van der Waals surface area (Å²) < 4.78 is 58.7. The number of hydrogen-bond donors (Lipinski definition) is 2. The lowest BCUT2D eigenvalue weighted by atomic mass is 10.2. The lowest BCUT2D eigenvalue weighted by Gasteiger charge is -2.33. The van der Waals surface area contributed by atoms with Crippen LogP contribution in [0.1, 0.15) is 0 Å². The normalized spacial score (nSPS) is 15.8. The van der Waals surface area contributed by atoms with Gasteiger partial charge in [0.1, 0.15) is 5.75 Å². The standard InChI is InChI=1S/C21H20N4O6S2/c1-32(27,28)25-14-20(31-19-7-3-2-6-18(19)25)21(26)23-15-8-10-17(11-9-15)33(29,30)24-16-5-4-12-22-13-16/h2-13,20,24H,14H2,1H3,(H,23,26)/t20-/m1/s1. The largest absolute Gasteiger partial charge is 0.476 e. The Hall–Kier alpha value is -3.64. The molecule has 1 atom stereocenters. The zero-order chi connectivity index (χ0) is 23.6. The van der Waals surface area contributed by atoms with Gasteiger partial charge in [-0.1, -0.05) is 12.1 Å². The number of carbonyl (C=O) groups excluding carboxylic acids is 1. The van der Waals surface area contributed by atoms with E-state index in [-0.39, 0.29) is 17.2 Å². The van der Waals surface area contributed by atoms with Gasteiger partial charge in [-0.05, 0) is 48.5 Å². The minimum absolute atomic E-state index is 0.00422. The van der Waals surface area contributed by atoms with Gasteiger partial charge in [-0.15, -0.1) is 0 Å². The van der Waals surface area contributed by atoms with Gasteiger partial charge in [0, 0.05) is 11.9 Å². The van der Waals surface area contributed by atoms with Crippen LogP contribution in [0.5, 0.6) is 5.75 Å². The van der Waals surface area contributed by atoms with Crippen molar-refractivity contribution in [1.82, 2.24) is 4.98 Å². The van der Waals surface area contributed by atoms with E-state index >= 15 is 0 Å². The number of anilines is 3. The van der Waals surface area contributed by atoms with E-state index in [2.05, 4.69) is 15.0 Å². The molecule has 12 heteroatoms. The molecule has 1 aliphatic heterocycles. The minimum Gasteiger partial charge on any atom is -0.476 e. The van der Waals surface area contributed by atoms with E-state index in [4.69, 9.17) is 4.74 Å². The third-order valence-electron chi connectivity index (χ3n) is 4.77. The van der Waals surface area contributed by atoms with E-state index in [1.54, 1.807) is 36.4 Å². The highest BCUT2D eigenvalue weighted by Crippen LogP contribution is 2.34. The fraction of sp³-hybridized carbons (Fsp3) is 0.143. The Morgan fingerprint density at radius 3 is 2.39 bits per heavy atom. The van der Waals surface area contributed by atoms with Gasteiger partial charge in [0.25, 0.3) is 15.9 Å². The van der Waals surface area contributed by atoms with E-state index in [1.165, 1.54) is 36.7 Å². The van der Waals surface area contributed by atoms with Crippen molar-refractivity contribution in [3.63, 3.8) is 0 Å². The van der Waals surface area contributed by atoms with Crippen LogP contribution >= 0.6 is 0 Å². The van der Waals surface area contributed by atoms with Gasteiger partial charge in [0.2, 0.25) is 10.0 Å². The Morgan fingerprint density at radius 2 is 1.73 bits per heavy atom. The molecule has 0 saturated heterocycles. The van der Waals surface area contributed by atoms with Crippen molar-refractivity contribution >= 4 is 43.0 Å². The Labute approximate surface area is 191 Å². The minimum atomic E-state index is -3.84. The first-order valence-corrected chi connectivity index (χ1v) is 13.0. The fourth-order valence-electron chi connectivity index (χ4n) is 3.23. The molecule has 2 N–H and O–H groups in total. The van der Waals surface area contributed by atoms with Crippen LogP contribution in [-0.4, -0.2) is 46.6 Å². The summed E-state index contributed by atoms with van der Waals surface area (Å²) in [7, 11) is -7.47. The third-order valence-corrected chi connectivity index (χ3v) is 7.32. The smallest absolute Gasteiger partial charge is 0.267 e. The number of para-hydroxylation sites is 2. The second kappa shape index (κ2) is 8.71. The molecule has 0 radical (unpaired) electrons. The zero-order valence-corrected chi connectivity index (χ0v) is 19.0. The molecule has 0 aliphatic carbocycles. The molecule has 1 aromatic heterocycles. The number of benzene rings is 2. The SMILES string of the molecule is CS(=O)(=O)N1C[C@H](C(=O)Nc2ccc(S(=O)(=O)Nc3cccnc3)cc2)Oc2ccccc21.